The molecule has 0 fully saturated rings. The van der Waals surface area contributed by atoms with Crippen molar-refractivity contribution in [2.24, 2.45) is 5.34 Å². The fourth-order valence-electron chi connectivity index (χ4n) is 0. The van der Waals surface area contributed by atoms with Crippen LogP contribution in [0.3, 0.4) is 0 Å². The Kier molecular flexibility index (Phi) is 161. The Morgan fingerprint density at radius 3 is 1.29 bits per heavy atom. The minimum absolute atomic E-state index is 0. The number of halogens is 1. The molecule has 0 aliphatic heterocycles. The summed E-state index contributed by atoms with van der Waals surface area (Å²) in [5.41, 5.74) is 0. The number of hydrogen-bond acceptors (Lipinski definition) is 4. The van der Waals surface area contributed by atoms with E-state index >= 15 is 0 Å². The summed E-state index contributed by atoms with van der Waals surface area (Å²) in [7, 11) is 0. The van der Waals surface area contributed by atoms with Gasteiger partial charge in [0.2, 0.25) is 0 Å². The van der Waals surface area contributed by atoms with Crippen LogP contribution in [-0.4, -0.2) is 0 Å². The van der Waals surface area contributed by atoms with E-state index in [0.29, 0.717) is 0 Å². The Bertz CT molecular complexity index is 20.4. The van der Waals surface area contributed by atoms with Crippen molar-refractivity contribution < 1.29 is 63.8 Å². The Balaban J connectivity index is -0.0000000105. The molecule has 4 nitrogen and oxygen atoms in total. The maximum Gasteiger partial charge on any atom is 1.00 e. The van der Waals surface area contributed by atoms with E-state index in [4.69, 9.17) is 14.8 Å². The normalized spacial score (nSPS) is 2.57. The van der Waals surface area contributed by atoms with Crippen molar-refractivity contribution in [1.82, 2.24) is 0 Å². The van der Waals surface area contributed by atoms with Gasteiger partial charge in [0.15, 0.2) is 0 Å². The molecule has 0 rings (SSSR count). The van der Waals surface area contributed by atoms with Gasteiger partial charge in [-0.1, -0.05) is 0 Å². The number of hydrogen-bond donors (Lipinski definition) is 0. The van der Waals surface area contributed by atoms with E-state index in [1.165, 1.54) is 0 Å². The summed E-state index contributed by atoms with van der Waals surface area (Å²) in [6.07, 6.45) is 0. The Morgan fingerprint density at radius 1 is 1.29 bits per heavy atom. The van der Waals surface area contributed by atoms with Gasteiger partial charge in [-0.3, -0.25) is 0 Å². The molecule has 0 atom stereocenters. The molecule has 0 aliphatic rings. The summed E-state index contributed by atoms with van der Waals surface area (Å²) in [6, 6.07) is 0. The zero-order valence-corrected chi connectivity index (χ0v) is 8.81. The Hall–Kier alpha value is 1.65. The van der Waals surface area contributed by atoms with Crippen molar-refractivity contribution in [3.05, 3.63) is 10.1 Å². The second-order valence-corrected chi connectivity index (χ2v) is 0.0745. The van der Waals surface area contributed by atoms with Gasteiger partial charge in [0.05, 0.1) is 0 Å². The minimum Gasteiger partial charge on any atom is -0.769 e. The molecule has 0 unspecified atom stereocenters. The second kappa shape index (κ2) is 48.2. The molecule has 0 aromatic heterocycles. The van der Waals surface area contributed by atoms with Gasteiger partial charge in [0.1, 0.15) is 0 Å². The average Bonchev–Trinajstić information content (AvgIpc) is 1.46. The van der Waals surface area contributed by atoms with Gasteiger partial charge < -0.3 is 14.8 Å². The predicted molar refractivity (Wildman–Crippen MR) is 15.0 cm³/mol. The van der Waals surface area contributed by atoms with E-state index in [1.54, 1.807) is 0 Å². The fourth-order valence-corrected chi connectivity index (χ4v) is 0. The van der Waals surface area contributed by atoms with Crippen LogP contribution in [-0.2, 0) is 0 Å². The summed E-state index contributed by atoms with van der Waals surface area (Å²) in [4.78, 5) is 8.00. The summed E-state index contributed by atoms with van der Waals surface area (Å²) >= 11 is 3.39. The summed E-state index contributed by atoms with van der Waals surface area (Å²) < 4.78 is 7.72. The Morgan fingerprint density at radius 2 is 1.29 bits per heavy atom. The Labute approximate surface area is 89.9 Å². The molecule has 0 aromatic rings. The topological polar surface area (TPSA) is 75.5 Å². The first kappa shape index (κ1) is 23.4. The molecule has 0 saturated heterocycles. The first-order chi connectivity index (χ1) is 2.41. The zero-order chi connectivity index (χ0) is 4.71. The van der Waals surface area contributed by atoms with Gasteiger partial charge in [-0.05, 0) is 0 Å². The van der Waals surface area contributed by atoms with E-state index < -0.39 is 0 Å². The van der Waals surface area contributed by atoms with Crippen molar-refractivity contribution in [2.75, 3.05) is 0 Å². The van der Waals surface area contributed by atoms with Crippen molar-refractivity contribution in [2.45, 2.75) is 0 Å². The van der Waals surface area contributed by atoms with Crippen molar-refractivity contribution in [3.63, 3.8) is 0 Å². The fraction of sp³-hybridized carbons (Fsp3) is 0. The summed E-state index contributed by atoms with van der Waals surface area (Å²) in [5, 5.41) is 9.00. The third kappa shape index (κ3) is 89.7. The zero-order valence-electron chi connectivity index (χ0n) is 4.05. The van der Waals surface area contributed by atoms with Gasteiger partial charge in [0.25, 0.3) is 0 Å². The molecule has 0 saturated carbocycles. The smallest absolute Gasteiger partial charge is 0.769 e. The molecule has 0 radical (unpaired) electrons. The average molecular weight is 143 g/mol. The van der Waals surface area contributed by atoms with Crippen molar-refractivity contribution >= 4 is 11.9 Å². The van der Waals surface area contributed by atoms with E-state index in [2.05, 4.69) is 11.9 Å². The maximum atomic E-state index is 8.00. The quantitative estimate of drug-likeness (QED) is 0.192. The van der Waals surface area contributed by atoms with Crippen molar-refractivity contribution in [3.8, 4) is 0 Å². The maximum absolute atomic E-state index is 8.00. The molecular formula is ClNNa2O3. The molecule has 0 aromatic carbocycles. The molecular weight excluding hydrogens is 143 g/mol. The molecule has 0 aliphatic carbocycles. The van der Waals surface area contributed by atoms with Crippen LogP contribution in [0.15, 0.2) is 5.34 Å². The molecule has 32 valence electrons. The summed E-state index contributed by atoms with van der Waals surface area (Å²) in [6.45, 7) is 0. The first-order valence-electron chi connectivity index (χ1n) is 0.519. The minimum atomic E-state index is 0. The number of nitrogens with zero attached hydrogens (tertiary/aromatic N) is 1. The monoisotopic (exact) mass is 143 g/mol. The van der Waals surface area contributed by atoms with E-state index in [0.717, 1.165) is 5.34 Å². The SMILES string of the molecule is O=N[O-].[Na+].[Na+].[O-]Cl. The molecule has 7 heavy (non-hydrogen) atoms. The van der Waals surface area contributed by atoms with E-state index in [-0.39, 0.29) is 59.1 Å². The molecule has 0 bridgehead atoms. The van der Waals surface area contributed by atoms with Crippen LogP contribution in [0.25, 0.3) is 0 Å². The first-order valence-corrected chi connectivity index (χ1v) is 0.828. The van der Waals surface area contributed by atoms with Gasteiger partial charge >= 0.3 is 59.1 Å². The second-order valence-electron chi connectivity index (χ2n) is 0.0745. The van der Waals surface area contributed by atoms with Crippen LogP contribution in [0.2, 0.25) is 0 Å². The molecule has 0 heterocycles. The molecule has 0 spiro atoms. The van der Waals surface area contributed by atoms with Crippen molar-refractivity contribution in [1.29, 1.82) is 0 Å². The standard InChI is InChI=1S/ClO.HNO2.2Na/c1-2;2-1-3;;/h;(H,2,3);;/q-1;;2*+1/p-1. The van der Waals surface area contributed by atoms with Gasteiger partial charge in [-0.15, -0.1) is 5.34 Å². The van der Waals surface area contributed by atoms with E-state index in [1.807, 2.05) is 0 Å². The van der Waals surface area contributed by atoms with Gasteiger partial charge in [-0.25, -0.2) is 11.9 Å². The van der Waals surface area contributed by atoms with Gasteiger partial charge in [-0.2, -0.15) is 0 Å². The summed E-state index contributed by atoms with van der Waals surface area (Å²) in [5.74, 6) is 0. The van der Waals surface area contributed by atoms with Crippen LogP contribution in [0.4, 0.5) is 0 Å². The molecule has 7 heteroatoms. The van der Waals surface area contributed by atoms with Crippen LogP contribution >= 0.6 is 11.9 Å². The van der Waals surface area contributed by atoms with E-state index in [9.17, 15) is 0 Å². The largest absolute Gasteiger partial charge is 1.00 e. The molecule has 0 amide bonds. The third-order valence-corrected chi connectivity index (χ3v) is 0. The van der Waals surface area contributed by atoms with Gasteiger partial charge in [0, 0.05) is 0 Å². The predicted octanol–water partition coefficient (Wildman–Crippen LogP) is -6.24. The van der Waals surface area contributed by atoms with Crippen LogP contribution < -0.4 is 63.8 Å². The third-order valence-electron chi connectivity index (χ3n) is 0. The molecule has 0 N–H and O–H groups in total. The van der Waals surface area contributed by atoms with Crippen LogP contribution in [0.1, 0.15) is 0 Å². The number of rotatable bonds is 0. The van der Waals surface area contributed by atoms with Crippen LogP contribution in [0.5, 0.6) is 0 Å². The van der Waals surface area contributed by atoms with Crippen LogP contribution in [0, 0.1) is 10.1 Å².